The summed E-state index contributed by atoms with van der Waals surface area (Å²) in [6, 6.07) is 16.5. The molecule has 0 spiro atoms. The normalized spacial score (nSPS) is 14.7. The summed E-state index contributed by atoms with van der Waals surface area (Å²) in [5, 5.41) is 2.77. The van der Waals surface area contributed by atoms with E-state index < -0.39 is 11.8 Å². The lowest BCUT2D eigenvalue weighted by Crippen LogP contribution is -2.54. The number of benzene rings is 3. The van der Waals surface area contributed by atoms with Crippen LogP contribution >= 0.6 is 23.8 Å². The molecule has 0 aliphatic carbocycles. The summed E-state index contributed by atoms with van der Waals surface area (Å²) in [5.41, 5.74) is 2.60. The first-order chi connectivity index (χ1) is 17.3. The molecule has 0 radical (unpaired) electrons. The molecule has 1 N–H and O–H groups in total. The summed E-state index contributed by atoms with van der Waals surface area (Å²) in [6.07, 6.45) is 2.27. The molecule has 3 aromatic rings. The molecule has 0 unspecified atom stereocenters. The van der Waals surface area contributed by atoms with Crippen molar-refractivity contribution in [3.05, 3.63) is 93.8 Å². The summed E-state index contributed by atoms with van der Waals surface area (Å²) in [6.45, 7) is 2.10. The van der Waals surface area contributed by atoms with Crippen LogP contribution in [0, 0.1) is 5.82 Å². The van der Waals surface area contributed by atoms with Gasteiger partial charge in [-0.05, 0) is 77.8 Å². The number of anilines is 1. The van der Waals surface area contributed by atoms with Crippen molar-refractivity contribution in [2.24, 2.45) is 0 Å². The van der Waals surface area contributed by atoms with Crippen LogP contribution in [-0.4, -0.2) is 24.0 Å². The molecule has 2 amide bonds. The van der Waals surface area contributed by atoms with Gasteiger partial charge in [-0.2, -0.15) is 0 Å². The smallest absolute Gasteiger partial charge is 0.270 e. The Morgan fingerprint density at radius 1 is 1.08 bits per heavy atom. The van der Waals surface area contributed by atoms with Gasteiger partial charge in [-0.1, -0.05) is 42.8 Å². The van der Waals surface area contributed by atoms with Gasteiger partial charge in [-0.3, -0.25) is 19.8 Å². The number of halogens is 2. The SMILES string of the molecule is CCc1ccc(N2C(=O)/C(=C/c3cc(Cl)c(OCc4cccc(F)c4)c(OC)c3)C(=O)NC2=S)cc1. The molecule has 3 aromatic carbocycles. The van der Waals surface area contributed by atoms with Crippen LogP contribution in [0.15, 0.2) is 66.2 Å². The lowest BCUT2D eigenvalue weighted by molar-refractivity contribution is -0.122. The van der Waals surface area contributed by atoms with Crippen LogP contribution in [0.3, 0.4) is 0 Å². The van der Waals surface area contributed by atoms with E-state index in [1.165, 1.54) is 30.2 Å². The molecule has 1 aliphatic heterocycles. The summed E-state index contributed by atoms with van der Waals surface area (Å²) >= 11 is 11.7. The number of carbonyl (C=O) groups is 2. The molecule has 0 bridgehead atoms. The summed E-state index contributed by atoms with van der Waals surface area (Å²) in [5.74, 6) is -1.01. The number of nitrogens with one attached hydrogen (secondary N) is 1. The highest BCUT2D eigenvalue weighted by molar-refractivity contribution is 7.80. The van der Waals surface area contributed by atoms with Crippen LogP contribution in [0.2, 0.25) is 5.02 Å². The highest BCUT2D eigenvalue weighted by Crippen LogP contribution is 2.38. The molecule has 1 saturated heterocycles. The molecule has 184 valence electrons. The predicted octanol–water partition coefficient (Wildman–Crippen LogP) is 5.46. The second-order valence-corrected chi connectivity index (χ2v) is 8.72. The second kappa shape index (κ2) is 10.9. The maximum absolute atomic E-state index is 13.5. The van der Waals surface area contributed by atoms with Gasteiger partial charge in [-0.25, -0.2) is 4.39 Å². The van der Waals surface area contributed by atoms with Gasteiger partial charge in [0.25, 0.3) is 11.8 Å². The van der Waals surface area contributed by atoms with Crippen LogP contribution in [0.4, 0.5) is 10.1 Å². The first-order valence-electron chi connectivity index (χ1n) is 11.1. The van der Waals surface area contributed by atoms with Gasteiger partial charge in [0, 0.05) is 0 Å². The van der Waals surface area contributed by atoms with E-state index in [9.17, 15) is 14.0 Å². The second-order valence-electron chi connectivity index (χ2n) is 7.93. The maximum atomic E-state index is 13.5. The number of rotatable bonds is 7. The van der Waals surface area contributed by atoms with Crippen molar-refractivity contribution in [1.29, 1.82) is 0 Å². The van der Waals surface area contributed by atoms with Crippen molar-refractivity contribution in [2.75, 3.05) is 12.0 Å². The lowest BCUT2D eigenvalue weighted by atomic mass is 10.1. The van der Waals surface area contributed by atoms with Crippen LogP contribution in [0.5, 0.6) is 11.5 Å². The number of carbonyl (C=O) groups excluding carboxylic acids is 2. The Morgan fingerprint density at radius 2 is 1.83 bits per heavy atom. The maximum Gasteiger partial charge on any atom is 0.270 e. The quantitative estimate of drug-likeness (QED) is 0.252. The fraction of sp³-hybridized carbons (Fsp3) is 0.148. The minimum absolute atomic E-state index is 0.00288. The number of hydrogen-bond donors (Lipinski definition) is 1. The molecular weight excluding hydrogens is 503 g/mol. The average Bonchev–Trinajstić information content (AvgIpc) is 2.86. The van der Waals surface area contributed by atoms with E-state index in [1.807, 2.05) is 19.1 Å². The molecule has 0 saturated carbocycles. The number of ether oxygens (including phenoxy) is 2. The van der Waals surface area contributed by atoms with Gasteiger partial charge in [0.15, 0.2) is 16.6 Å². The summed E-state index contributed by atoms with van der Waals surface area (Å²) in [7, 11) is 1.44. The van der Waals surface area contributed by atoms with Crippen molar-refractivity contribution in [1.82, 2.24) is 5.32 Å². The number of thiocarbonyl (C=S) groups is 1. The van der Waals surface area contributed by atoms with Crippen molar-refractivity contribution in [2.45, 2.75) is 20.0 Å². The van der Waals surface area contributed by atoms with Gasteiger partial charge >= 0.3 is 0 Å². The van der Waals surface area contributed by atoms with E-state index in [1.54, 1.807) is 36.4 Å². The third kappa shape index (κ3) is 5.40. The Balaban J connectivity index is 1.63. The topological polar surface area (TPSA) is 67.9 Å². The fourth-order valence-electron chi connectivity index (χ4n) is 3.68. The number of methoxy groups -OCH3 is 1. The van der Waals surface area contributed by atoms with E-state index in [2.05, 4.69) is 5.32 Å². The molecule has 1 heterocycles. The van der Waals surface area contributed by atoms with Crippen LogP contribution in [0.25, 0.3) is 6.08 Å². The number of nitrogens with zero attached hydrogens (tertiary/aromatic N) is 1. The number of aryl methyl sites for hydroxylation is 1. The minimum Gasteiger partial charge on any atom is -0.493 e. The standard InChI is InChI=1S/C27H22ClFN2O4S/c1-3-16-7-9-20(10-8-16)31-26(33)21(25(32)30-27(31)36)12-18-13-22(28)24(23(14-18)34-2)35-15-17-5-4-6-19(29)11-17/h4-14H,3,15H2,1-2H3,(H,30,32,36)/b21-12+. The zero-order valence-corrected chi connectivity index (χ0v) is 21.1. The molecule has 1 aliphatic rings. The third-order valence-electron chi connectivity index (χ3n) is 5.54. The van der Waals surface area contributed by atoms with Crippen molar-refractivity contribution in [3.8, 4) is 11.5 Å². The van der Waals surface area contributed by atoms with E-state index in [4.69, 9.17) is 33.3 Å². The average molecular weight is 525 g/mol. The fourth-order valence-corrected chi connectivity index (χ4v) is 4.24. The number of amides is 2. The third-order valence-corrected chi connectivity index (χ3v) is 6.10. The zero-order chi connectivity index (χ0) is 25.8. The Hall–Kier alpha value is -3.75. The molecule has 6 nitrogen and oxygen atoms in total. The first kappa shape index (κ1) is 25.3. The Morgan fingerprint density at radius 3 is 2.50 bits per heavy atom. The monoisotopic (exact) mass is 524 g/mol. The molecule has 0 aromatic heterocycles. The largest absolute Gasteiger partial charge is 0.493 e. The van der Waals surface area contributed by atoms with Gasteiger partial charge in [0.05, 0.1) is 17.8 Å². The Kier molecular flexibility index (Phi) is 7.67. The van der Waals surface area contributed by atoms with Gasteiger partial charge < -0.3 is 9.47 Å². The van der Waals surface area contributed by atoms with Crippen LogP contribution in [-0.2, 0) is 22.6 Å². The van der Waals surface area contributed by atoms with Crippen molar-refractivity contribution in [3.63, 3.8) is 0 Å². The molecule has 9 heteroatoms. The predicted molar refractivity (Wildman–Crippen MR) is 141 cm³/mol. The summed E-state index contributed by atoms with van der Waals surface area (Å²) in [4.78, 5) is 27.2. The molecular formula is C27H22ClFN2O4S. The highest BCUT2D eigenvalue weighted by atomic mass is 35.5. The van der Waals surface area contributed by atoms with Crippen LogP contribution < -0.4 is 19.7 Å². The van der Waals surface area contributed by atoms with E-state index >= 15 is 0 Å². The number of hydrogen-bond acceptors (Lipinski definition) is 5. The molecule has 1 fully saturated rings. The Bertz CT molecular complexity index is 1370. The van der Waals surface area contributed by atoms with Crippen molar-refractivity contribution >= 4 is 52.5 Å². The highest BCUT2D eigenvalue weighted by Gasteiger charge is 2.34. The molecule has 0 atom stereocenters. The minimum atomic E-state index is -0.618. The molecule has 36 heavy (non-hydrogen) atoms. The Labute approximate surface area is 218 Å². The zero-order valence-electron chi connectivity index (χ0n) is 19.5. The first-order valence-corrected chi connectivity index (χ1v) is 11.8. The molecule has 4 rings (SSSR count). The van der Waals surface area contributed by atoms with E-state index in [-0.39, 0.29) is 39.6 Å². The van der Waals surface area contributed by atoms with E-state index in [0.29, 0.717) is 16.8 Å². The van der Waals surface area contributed by atoms with Crippen molar-refractivity contribution < 1.29 is 23.5 Å². The summed E-state index contributed by atoms with van der Waals surface area (Å²) < 4.78 is 24.7. The lowest BCUT2D eigenvalue weighted by Gasteiger charge is -2.29. The van der Waals surface area contributed by atoms with E-state index in [0.717, 1.165) is 12.0 Å². The van der Waals surface area contributed by atoms with Crippen LogP contribution in [0.1, 0.15) is 23.6 Å². The van der Waals surface area contributed by atoms with Gasteiger partial charge in [0.1, 0.15) is 18.0 Å². The van der Waals surface area contributed by atoms with Gasteiger partial charge in [-0.15, -0.1) is 0 Å². The van der Waals surface area contributed by atoms with Gasteiger partial charge in [0.2, 0.25) is 0 Å².